The Bertz CT molecular complexity index is 348. The molecule has 1 aromatic rings. The van der Waals surface area contributed by atoms with Crippen molar-refractivity contribution in [3.63, 3.8) is 0 Å². The molecule has 96 valence electrons. The molecule has 1 N–H and O–H groups in total. The predicted molar refractivity (Wildman–Crippen MR) is 72.9 cm³/mol. The highest BCUT2D eigenvalue weighted by atomic mass is 15.0. The van der Waals surface area contributed by atoms with Crippen molar-refractivity contribution in [1.29, 1.82) is 0 Å². The Morgan fingerprint density at radius 1 is 1.41 bits per heavy atom. The molecular weight excluding hydrogens is 208 g/mol. The van der Waals surface area contributed by atoms with Gasteiger partial charge in [-0.3, -0.25) is 0 Å². The molecule has 0 bridgehead atoms. The maximum absolute atomic E-state index is 3.65. The molecule has 1 saturated carbocycles. The summed E-state index contributed by atoms with van der Waals surface area (Å²) >= 11 is 0. The fourth-order valence-electron chi connectivity index (χ4n) is 2.63. The van der Waals surface area contributed by atoms with Crippen molar-refractivity contribution in [2.24, 2.45) is 11.3 Å². The van der Waals surface area contributed by atoms with Crippen LogP contribution in [-0.2, 0) is 13.1 Å². The van der Waals surface area contributed by atoms with Crippen LogP contribution in [0.3, 0.4) is 0 Å². The monoisotopic (exact) mass is 234 g/mol. The average molecular weight is 234 g/mol. The van der Waals surface area contributed by atoms with Crippen LogP contribution in [0.1, 0.15) is 45.7 Å². The molecule has 0 saturated heterocycles. The van der Waals surface area contributed by atoms with Crippen LogP contribution in [0.4, 0.5) is 0 Å². The summed E-state index contributed by atoms with van der Waals surface area (Å²) in [7, 11) is 0. The van der Waals surface area contributed by atoms with Gasteiger partial charge in [0.1, 0.15) is 0 Å². The van der Waals surface area contributed by atoms with Crippen LogP contribution in [0.2, 0.25) is 0 Å². The minimum atomic E-state index is 0.613. The van der Waals surface area contributed by atoms with Crippen molar-refractivity contribution in [2.75, 3.05) is 6.54 Å². The molecule has 17 heavy (non-hydrogen) atoms. The highest BCUT2D eigenvalue weighted by molar-refractivity contribution is 5.07. The summed E-state index contributed by atoms with van der Waals surface area (Å²) in [6, 6.07) is 4.39. The molecule has 0 atom stereocenters. The second-order valence-electron chi connectivity index (χ2n) is 5.81. The second-order valence-corrected chi connectivity index (χ2v) is 5.81. The van der Waals surface area contributed by atoms with Crippen LogP contribution in [-0.4, -0.2) is 11.1 Å². The molecule has 1 aliphatic rings. The fourth-order valence-corrected chi connectivity index (χ4v) is 2.63. The lowest BCUT2D eigenvalue weighted by atomic mass is 9.92. The van der Waals surface area contributed by atoms with Gasteiger partial charge in [-0.25, -0.2) is 0 Å². The first kappa shape index (κ1) is 12.7. The molecule has 0 aromatic carbocycles. The lowest BCUT2D eigenvalue weighted by Crippen LogP contribution is -2.28. The molecule has 2 heteroatoms. The van der Waals surface area contributed by atoms with Gasteiger partial charge in [0.05, 0.1) is 0 Å². The standard InChI is InChI=1S/C15H26N2/c1-4-9-17-10-5-6-14(17)11-16-12-15(7-8-15)13(2)3/h5-6,10,13,16H,4,7-9,11-12H2,1-3H3. The molecular formula is C15H26N2. The third-order valence-electron chi connectivity index (χ3n) is 4.29. The molecule has 2 nitrogen and oxygen atoms in total. The van der Waals surface area contributed by atoms with E-state index in [9.17, 15) is 0 Å². The molecule has 2 rings (SSSR count). The molecule has 0 amide bonds. The van der Waals surface area contributed by atoms with E-state index in [0.717, 1.165) is 19.0 Å². The first-order valence-corrected chi connectivity index (χ1v) is 7.03. The summed E-state index contributed by atoms with van der Waals surface area (Å²) in [5.74, 6) is 0.817. The van der Waals surface area contributed by atoms with Crippen molar-refractivity contribution < 1.29 is 0 Å². The van der Waals surface area contributed by atoms with E-state index in [1.165, 1.54) is 31.5 Å². The SMILES string of the molecule is CCCn1cccc1CNCC1(C(C)C)CC1. The first-order valence-electron chi connectivity index (χ1n) is 7.03. The molecule has 1 heterocycles. The lowest BCUT2D eigenvalue weighted by molar-refractivity contribution is 0.336. The maximum atomic E-state index is 3.65. The number of nitrogens with one attached hydrogen (secondary N) is 1. The molecule has 0 unspecified atom stereocenters. The zero-order valence-corrected chi connectivity index (χ0v) is 11.5. The quantitative estimate of drug-likeness (QED) is 0.765. The summed E-state index contributed by atoms with van der Waals surface area (Å²) in [6.07, 6.45) is 6.22. The van der Waals surface area contributed by atoms with E-state index >= 15 is 0 Å². The third kappa shape index (κ3) is 2.92. The Labute approximate surface area is 105 Å². The van der Waals surface area contributed by atoms with Crippen LogP contribution in [0, 0.1) is 11.3 Å². The smallest absolute Gasteiger partial charge is 0.0359 e. The normalized spacial score (nSPS) is 17.6. The maximum Gasteiger partial charge on any atom is 0.0359 e. The van der Waals surface area contributed by atoms with Crippen molar-refractivity contribution >= 4 is 0 Å². The lowest BCUT2D eigenvalue weighted by Gasteiger charge is -2.20. The van der Waals surface area contributed by atoms with Crippen LogP contribution in [0.15, 0.2) is 18.3 Å². The highest BCUT2D eigenvalue weighted by Crippen LogP contribution is 2.51. The van der Waals surface area contributed by atoms with Gasteiger partial charge in [0.2, 0.25) is 0 Å². The van der Waals surface area contributed by atoms with Crippen LogP contribution in [0.25, 0.3) is 0 Å². The Hall–Kier alpha value is -0.760. The van der Waals surface area contributed by atoms with Crippen molar-refractivity contribution in [2.45, 2.75) is 53.1 Å². The van der Waals surface area contributed by atoms with E-state index in [1.54, 1.807) is 0 Å². The van der Waals surface area contributed by atoms with E-state index in [0.29, 0.717) is 5.41 Å². The van der Waals surface area contributed by atoms with E-state index in [1.807, 2.05) is 0 Å². The number of hydrogen-bond acceptors (Lipinski definition) is 1. The van der Waals surface area contributed by atoms with Gasteiger partial charge in [-0.05, 0) is 42.7 Å². The fraction of sp³-hybridized carbons (Fsp3) is 0.733. The highest BCUT2D eigenvalue weighted by Gasteiger charge is 2.44. The minimum absolute atomic E-state index is 0.613. The average Bonchev–Trinajstić information content (AvgIpc) is 2.96. The van der Waals surface area contributed by atoms with Crippen molar-refractivity contribution in [3.8, 4) is 0 Å². The van der Waals surface area contributed by atoms with Gasteiger partial charge in [0.15, 0.2) is 0 Å². The third-order valence-corrected chi connectivity index (χ3v) is 4.29. The summed E-state index contributed by atoms with van der Waals surface area (Å²) in [5.41, 5.74) is 2.04. The molecule has 1 aliphatic carbocycles. The Kier molecular flexibility index (Phi) is 3.93. The summed E-state index contributed by atoms with van der Waals surface area (Å²) in [5, 5.41) is 3.65. The summed E-state index contributed by atoms with van der Waals surface area (Å²) in [6.45, 7) is 10.3. The Morgan fingerprint density at radius 2 is 2.18 bits per heavy atom. The van der Waals surface area contributed by atoms with Gasteiger partial charge in [0.25, 0.3) is 0 Å². The van der Waals surface area contributed by atoms with Crippen molar-refractivity contribution in [3.05, 3.63) is 24.0 Å². The zero-order valence-electron chi connectivity index (χ0n) is 11.5. The Morgan fingerprint density at radius 3 is 2.76 bits per heavy atom. The minimum Gasteiger partial charge on any atom is -0.350 e. The molecule has 0 spiro atoms. The van der Waals surface area contributed by atoms with E-state index in [4.69, 9.17) is 0 Å². The summed E-state index contributed by atoms with van der Waals surface area (Å²) < 4.78 is 2.36. The van der Waals surface area contributed by atoms with E-state index in [2.05, 4.69) is 49.0 Å². The number of rotatable bonds is 7. The van der Waals surface area contributed by atoms with E-state index in [-0.39, 0.29) is 0 Å². The van der Waals surface area contributed by atoms with Gasteiger partial charge in [-0.1, -0.05) is 20.8 Å². The van der Waals surface area contributed by atoms with Crippen LogP contribution < -0.4 is 5.32 Å². The number of aryl methyl sites for hydroxylation is 1. The van der Waals surface area contributed by atoms with Gasteiger partial charge in [-0.15, -0.1) is 0 Å². The summed E-state index contributed by atoms with van der Waals surface area (Å²) in [4.78, 5) is 0. The van der Waals surface area contributed by atoms with Gasteiger partial charge < -0.3 is 9.88 Å². The molecule has 0 aliphatic heterocycles. The topological polar surface area (TPSA) is 17.0 Å². The molecule has 1 fully saturated rings. The first-order chi connectivity index (χ1) is 8.18. The Balaban J connectivity index is 1.80. The largest absolute Gasteiger partial charge is 0.350 e. The second kappa shape index (κ2) is 5.26. The van der Waals surface area contributed by atoms with Crippen LogP contribution >= 0.6 is 0 Å². The van der Waals surface area contributed by atoms with E-state index < -0.39 is 0 Å². The number of hydrogen-bond donors (Lipinski definition) is 1. The molecule has 0 radical (unpaired) electrons. The van der Waals surface area contributed by atoms with Crippen molar-refractivity contribution in [1.82, 2.24) is 9.88 Å². The molecule has 1 aromatic heterocycles. The van der Waals surface area contributed by atoms with Gasteiger partial charge in [0, 0.05) is 31.5 Å². The van der Waals surface area contributed by atoms with Gasteiger partial charge >= 0.3 is 0 Å². The van der Waals surface area contributed by atoms with Crippen LogP contribution in [0.5, 0.6) is 0 Å². The number of aromatic nitrogens is 1. The predicted octanol–water partition coefficient (Wildman–Crippen LogP) is 3.42. The zero-order chi connectivity index (χ0) is 12.3. The van der Waals surface area contributed by atoms with Gasteiger partial charge in [-0.2, -0.15) is 0 Å². The number of nitrogens with zero attached hydrogens (tertiary/aromatic N) is 1.